The van der Waals surface area contributed by atoms with Crippen LogP contribution in [0.5, 0.6) is 0 Å². The van der Waals surface area contributed by atoms with E-state index >= 15 is 0 Å². The molecule has 0 aromatic carbocycles. The van der Waals surface area contributed by atoms with Crippen LogP contribution in [0.3, 0.4) is 0 Å². The Morgan fingerprint density at radius 3 is 2.20 bits per heavy atom. The minimum atomic E-state index is -2.59. The van der Waals surface area contributed by atoms with Gasteiger partial charge >= 0.3 is 0 Å². The summed E-state index contributed by atoms with van der Waals surface area (Å²) < 4.78 is 16.4. The van der Waals surface area contributed by atoms with Crippen molar-refractivity contribution in [3.8, 4) is 0 Å². The Kier molecular flexibility index (Phi) is 7.36. The van der Waals surface area contributed by atoms with E-state index in [0.717, 1.165) is 0 Å². The third-order valence-corrected chi connectivity index (χ3v) is 6.22. The second-order valence-corrected chi connectivity index (χ2v) is 8.10. The number of rotatable bonds is 5. The van der Waals surface area contributed by atoms with E-state index in [2.05, 4.69) is 5.32 Å². The van der Waals surface area contributed by atoms with E-state index in [4.69, 9.17) is 14.2 Å². The number of hydrogen-bond donors (Lipinski definition) is 10. The van der Waals surface area contributed by atoms with Gasteiger partial charge in [0.05, 0.1) is 31.5 Å². The van der Waals surface area contributed by atoms with Gasteiger partial charge in [-0.15, -0.1) is 0 Å². The van der Waals surface area contributed by atoms with Crippen molar-refractivity contribution in [1.29, 1.82) is 0 Å². The highest BCUT2D eigenvalue weighted by Crippen LogP contribution is 2.39. The standard InChI is InChI=1S/C17H31NO12/c1-5-9(22)10(23)11(24)15(28-5)17(27)8(4-20)29-16(12(25)14(17)26)30-13-6(3-19)18-2-7(13)21/h5-16,18-27H,2-4H2,1H3/t5-,6+,7+,8-,9-,10+,11-,12-,13-,14-,15-,16-,17-/m1/s1. The second kappa shape index (κ2) is 9.15. The van der Waals surface area contributed by atoms with Crippen LogP contribution in [0.4, 0.5) is 0 Å². The van der Waals surface area contributed by atoms with Crippen molar-refractivity contribution in [3.63, 3.8) is 0 Å². The van der Waals surface area contributed by atoms with Gasteiger partial charge in [-0.25, -0.2) is 0 Å². The zero-order valence-electron chi connectivity index (χ0n) is 16.3. The molecule has 0 amide bonds. The lowest BCUT2D eigenvalue weighted by atomic mass is 9.75. The van der Waals surface area contributed by atoms with E-state index in [-0.39, 0.29) is 13.2 Å². The van der Waals surface area contributed by atoms with Gasteiger partial charge < -0.3 is 65.5 Å². The maximum Gasteiger partial charge on any atom is 0.187 e. The van der Waals surface area contributed by atoms with Crippen molar-refractivity contribution in [2.45, 2.75) is 85.9 Å². The van der Waals surface area contributed by atoms with Crippen LogP contribution < -0.4 is 5.32 Å². The largest absolute Gasteiger partial charge is 0.395 e. The van der Waals surface area contributed by atoms with Gasteiger partial charge in [-0.05, 0) is 6.92 Å². The lowest BCUT2D eigenvalue weighted by Crippen LogP contribution is -2.77. The van der Waals surface area contributed by atoms with Crippen LogP contribution in [0.15, 0.2) is 0 Å². The SMILES string of the molecule is C[C@H]1O[C@@H]([C@]2(O)[C@H](O)[C@@H](O)[C@@H](O[C@@H]3[C@H](CO)NC[C@@H]3O)O[C@@H]2CO)[C@H](O)[C@@H](O)[C@@H]1O. The van der Waals surface area contributed by atoms with Gasteiger partial charge in [0.1, 0.15) is 48.8 Å². The first kappa shape index (κ1) is 24.1. The first-order chi connectivity index (χ1) is 14.1. The summed E-state index contributed by atoms with van der Waals surface area (Å²) in [5, 5.41) is 94.6. The van der Waals surface area contributed by atoms with Crippen LogP contribution in [0.25, 0.3) is 0 Å². The third-order valence-electron chi connectivity index (χ3n) is 6.22. The summed E-state index contributed by atoms with van der Waals surface area (Å²) in [5.41, 5.74) is -2.59. The molecule has 0 aliphatic carbocycles. The highest BCUT2D eigenvalue weighted by molar-refractivity contribution is 5.12. The van der Waals surface area contributed by atoms with Crippen molar-refractivity contribution >= 4 is 0 Å². The van der Waals surface area contributed by atoms with Crippen molar-refractivity contribution in [2.24, 2.45) is 0 Å². The summed E-state index contributed by atoms with van der Waals surface area (Å²) in [6.45, 7) is 0.191. The third kappa shape index (κ3) is 3.88. The zero-order chi connectivity index (χ0) is 22.4. The van der Waals surface area contributed by atoms with Gasteiger partial charge in [-0.2, -0.15) is 0 Å². The molecule has 3 heterocycles. The van der Waals surface area contributed by atoms with Gasteiger partial charge in [0.25, 0.3) is 0 Å². The fourth-order valence-electron chi connectivity index (χ4n) is 4.33. The van der Waals surface area contributed by atoms with E-state index in [0.29, 0.717) is 0 Å². The van der Waals surface area contributed by atoms with Crippen molar-refractivity contribution < 1.29 is 60.2 Å². The van der Waals surface area contributed by atoms with Crippen LogP contribution in [0.2, 0.25) is 0 Å². The molecule has 13 atom stereocenters. The van der Waals surface area contributed by atoms with Gasteiger partial charge in [0.15, 0.2) is 11.9 Å². The topological polar surface area (TPSA) is 222 Å². The molecule has 0 unspecified atom stereocenters. The van der Waals surface area contributed by atoms with Crippen molar-refractivity contribution in [3.05, 3.63) is 0 Å². The molecule has 3 aliphatic heterocycles. The Morgan fingerprint density at radius 1 is 0.933 bits per heavy atom. The number of nitrogens with one attached hydrogen (secondary N) is 1. The Balaban J connectivity index is 1.83. The average Bonchev–Trinajstić information content (AvgIpc) is 3.08. The van der Waals surface area contributed by atoms with Gasteiger partial charge in [-0.3, -0.25) is 0 Å². The molecule has 3 saturated heterocycles. The highest BCUT2D eigenvalue weighted by atomic mass is 16.7. The lowest BCUT2D eigenvalue weighted by molar-refractivity contribution is -0.377. The van der Waals surface area contributed by atoms with E-state index in [9.17, 15) is 46.0 Å². The molecule has 0 saturated carbocycles. The first-order valence-electron chi connectivity index (χ1n) is 9.80. The van der Waals surface area contributed by atoms with E-state index < -0.39 is 85.6 Å². The summed E-state index contributed by atoms with van der Waals surface area (Å²) in [6.07, 6.45) is -17.2. The van der Waals surface area contributed by atoms with Gasteiger partial charge in [0, 0.05) is 6.54 Å². The van der Waals surface area contributed by atoms with E-state index in [1.54, 1.807) is 0 Å². The normalized spacial score (nSPS) is 55.0. The van der Waals surface area contributed by atoms with Crippen molar-refractivity contribution in [1.82, 2.24) is 5.32 Å². The summed E-state index contributed by atoms with van der Waals surface area (Å²) in [5.74, 6) is 0. The number of β-amino-alcohol motifs (C(OH)–C–C–N with tert-alkyl or cyclic N) is 1. The predicted octanol–water partition coefficient (Wildman–Crippen LogP) is -6.26. The molecular weight excluding hydrogens is 410 g/mol. The van der Waals surface area contributed by atoms with Crippen LogP contribution in [-0.4, -0.2) is 145 Å². The molecular formula is C17H31NO12. The predicted molar refractivity (Wildman–Crippen MR) is 94.8 cm³/mol. The smallest absolute Gasteiger partial charge is 0.187 e. The molecule has 0 bridgehead atoms. The molecule has 0 aromatic heterocycles. The molecule has 3 rings (SSSR count). The molecule has 0 radical (unpaired) electrons. The number of ether oxygens (including phenoxy) is 3. The summed E-state index contributed by atoms with van der Waals surface area (Å²) >= 11 is 0. The Morgan fingerprint density at radius 2 is 1.60 bits per heavy atom. The maximum absolute atomic E-state index is 11.2. The van der Waals surface area contributed by atoms with E-state index in [1.807, 2.05) is 0 Å². The highest BCUT2D eigenvalue weighted by Gasteiger charge is 2.64. The van der Waals surface area contributed by atoms with E-state index in [1.165, 1.54) is 6.92 Å². The lowest BCUT2D eigenvalue weighted by Gasteiger charge is -2.54. The monoisotopic (exact) mass is 441 g/mol. The maximum atomic E-state index is 11.2. The molecule has 13 heteroatoms. The van der Waals surface area contributed by atoms with Crippen LogP contribution in [-0.2, 0) is 14.2 Å². The molecule has 176 valence electrons. The van der Waals surface area contributed by atoms with Crippen LogP contribution in [0.1, 0.15) is 6.92 Å². The first-order valence-corrected chi connectivity index (χ1v) is 9.80. The summed E-state index contributed by atoms with van der Waals surface area (Å²) in [6, 6.07) is -0.678. The molecule has 30 heavy (non-hydrogen) atoms. The fourth-order valence-corrected chi connectivity index (χ4v) is 4.33. The number of hydrogen-bond acceptors (Lipinski definition) is 13. The second-order valence-electron chi connectivity index (χ2n) is 8.10. The molecule has 10 N–H and O–H groups in total. The molecule has 13 nitrogen and oxygen atoms in total. The summed E-state index contributed by atoms with van der Waals surface area (Å²) in [4.78, 5) is 0. The zero-order valence-corrected chi connectivity index (χ0v) is 16.3. The van der Waals surface area contributed by atoms with Crippen LogP contribution in [0, 0.1) is 0 Å². The van der Waals surface area contributed by atoms with Gasteiger partial charge in [-0.1, -0.05) is 0 Å². The minimum Gasteiger partial charge on any atom is -0.395 e. The van der Waals surface area contributed by atoms with Gasteiger partial charge in [0.2, 0.25) is 0 Å². The molecule has 0 spiro atoms. The number of aliphatic hydroxyl groups is 9. The molecule has 0 aromatic rings. The molecule has 3 aliphatic rings. The Bertz CT molecular complexity index is 581. The van der Waals surface area contributed by atoms with Crippen LogP contribution >= 0.6 is 0 Å². The summed E-state index contributed by atoms with van der Waals surface area (Å²) in [7, 11) is 0. The Hall–Kier alpha value is -0.520. The molecule has 3 fully saturated rings. The number of aliphatic hydroxyl groups excluding tert-OH is 8. The quantitative estimate of drug-likeness (QED) is 0.192. The van der Waals surface area contributed by atoms with Crippen molar-refractivity contribution in [2.75, 3.05) is 19.8 Å². The Labute approximate surface area is 172 Å². The minimum absolute atomic E-state index is 0.106. The fraction of sp³-hybridized carbons (Fsp3) is 1.00. The average molecular weight is 441 g/mol.